The smallest absolute Gasteiger partial charge is 0.305 e. The van der Waals surface area contributed by atoms with Crippen LogP contribution in [0, 0.1) is 17.1 Å². The number of hydrogen-bond acceptors (Lipinski definition) is 4. The van der Waals surface area contributed by atoms with Crippen molar-refractivity contribution in [3.8, 4) is 6.07 Å². The van der Waals surface area contributed by atoms with Gasteiger partial charge in [-0.2, -0.15) is 5.26 Å². The van der Waals surface area contributed by atoms with Crippen LogP contribution in [0.3, 0.4) is 0 Å². The number of nitrogens with zero attached hydrogens (tertiary/aromatic N) is 2. The lowest BCUT2D eigenvalue weighted by molar-refractivity contribution is -0.140. The van der Waals surface area contributed by atoms with Gasteiger partial charge < -0.3 is 9.64 Å². The average molecular weight is 250 g/mol. The van der Waals surface area contributed by atoms with Gasteiger partial charge >= 0.3 is 5.97 Å². The van der Waals surface area contributed by atoms with E-state index in [4.69, 9.17) is 5.26 Å². The van der Waals surface area contributed by atoms with Crippen LogP contribution in [0.1, 0.15) is 18.4 Å². The number of anilines is 1. The van der Waals surface area contributed by atoms with Crippen LogP contribution < -0.4 is 4.90 Å². The number of halogens is 1. The molecule has 0 bridgehead atoms. The quantitative estimate of drug-likeness (QED) is 0.751. The summed E-state index contributed by atoms with van der Waals surface area (Å²) in [7, 11) is 3.08. The molecule has 0 aliphatic heterocycles. The third-order valence-electron chi connectivity index (χ3n) is 2.59. The van der Waals surface area contributed by atoms with E-state index in [9.17, 15) is 9.18 Å². The zero-order valence-corrected chi connectivity index (χ0v) is 10.4. The molecule has 0 unspecified atom stereocenters. The second-order valence-corrected chi connectivity index (χ2v) is 3.88. The molecular formula is C13H15FN2O2. The summed E-state index contributed by atoms with van der Waals surface area (Å²) in [6, 6.07) is 6.21. The predicted octanol–water partition coefficient (Wildman–Crippen LogP) is 2.09. The lowest BCUT2D eigenvalue weighted by Gasteiger charge is -2.19. The number of methoxy groups -OCH3 is 1. The maximum atomic E-state index is 13.7. The summed E-state index contributed by atoms with van der Waals surface area (Å²) in [6.07, 6.45) is 0.890. The van der Waals surface area contributed by atoms with Gasteiger partial charge in [0.25, 0.3) is 0 Å². The first-order valence-corrected chi connectivity index (χ1v) is 5.56. The van der Waals surface area contributed by atoms with Gasteiger partial charge in [-0.1, -0.05) is 0 Å². The fourth-order valence-electron chi connectivity index (χ4n) is 1.57. The standard InChI is InChI=1S/C13H15FN2O2/c1-16(7-3-4-13(17)18-2)12-6-5-10(9-15)8-11(12)14/h5-6,8H,3-4,7H2,1-2H3. The molecule has 5 heteroatoms. The SMILES string of the molecule is COC(=O)CCCN(C)c1ccc(C#N)cc1F. The van der Waals surface area contributed by atoms with Gasteiger partial charge in [0.15, 0.2) is 0 Å². The predicted molar refractivity (Wildman–Crippen MR) is 65.6 cm³/mol. The third kappa shape index (κ3) is 3.74. The molecule has 0 fully saturated rings. The van der Waals surface area contributed by atoms with Gasteiger partial charge in [-0.3, -0.25) is 4.79 Å². The molecule has 0 spiro atoms. The maximum absolute atomic E-state index is 13.7. The Morgan fingerprint density at radius 2 is 2.28 bits per heavy atom. The zero-order valence-electron chi connectivity index (χ0n) is 10.4. The molecule has 0 radical (unpaired) electrons. The molecule has 0 aromatic heterocycles. The van der Waals surface area contributed by atoms with E-state index in [0.29, 0.717) is 30.6 Å². The summed E-state index contributed by atoms with van der Waals surface area (Å²) in [4.78, 5) is 12.6. The van der Waals surface area contributed by atoms with Crippen molar-refractivity contribution in [1.29, 1.82) is 5.26 Å². The van der Waals surface area contributed by atoms with Gasteiger partial charge in [-0.15, -0.1) is 0 Å². The molecular weight excluding hydrogens is 235 g/mol. The van der Waals surface area contributed by atoms with E-state index in [0.717, 1.165) is 0 Å². The van der Waals surface area contributed by atoms with Crippen LogP contribution in [0.5, 0.6) is 0 Å². The highest BCUT2D eigenvalue weighted by Crippen LogP contribution is 2.19. The van der Waals surface area contributed by atoms with E-state index in [1.165, 1.54) is 13.2 Å². The molecule has 4 nitrogen and oxygen atoms in total. The molecule has 18 heavy (non-hydrogen) atoms. The molecule has 0 N–H and O–H groups in total. The maximum Gasteiger partial charge on any atom is 0.305 e. The second kappa shape index (κ2) is 6.60. The number of hydrogen-bond donors (Lipinski definition) is 0. The van der Waals surface area contributed by atoms with E-state index in [1.807, 2.05) is 6.07 Å². The van der Waals surface area contributed by atoms with E-state index in [1.54, 1.807) is 24.1 Å². The van der Waals surface area contributed by atoms with Gasteiger partial charge in [0.1, 0.15) is 5.82 Å². The molecule has 0 amide bonds. The second-order valence-electron chi connectivity index (χ2n) is 3.88. The summed E-state index contributed by atoms with van der Waals surface area (Å²) in [5, 5.41) is 8.64. The van der Waals surface area contributed by atoms with Crippen molar-refractivity contribution in [2.45, 2.75) is 12.8 Å². The molecule has 0 aliphatic rings. The Hall–Kier alpha value is -2.09. The molecule has 0 saturated heterocycles. The molecule has 1 rings (SSSR count). The van der Waals surface area contributed by atoms with E-state index in [2.05, 4.69) is 4.74 Å². The number of rotatable bonds is 5. The number of carbonyl (C=O) groups excluding carboxylic acids is 1. The van der Waals surface area contributed by atoms with E-state index < -0.39 is 5.82 Å². The minimum Gasteiger partial charge on any atom is -0.469 e. The third-order valence-corrected chi connectivity index (χ3v) is 2.59. The van der Waals surface area contributed by atoms with Gasteiger partial charge in [0.2, 0.25) is 0 Å². The first-order valence-electron chi connectivity index (χ1n) is 5.56. The molecule has 0 saturated carbocycles. The highest BCUT2D eigenvalue weighted by atomic mass is 19.1. The van der Waals surface area contributed by atoms with Gasteiger partial charge in [0.05, 0.1) is 24.4 Å². The Bertz CT molecular complexity index is 469. The Labute approximate surface area is 106 Å². The largest absolute Gasteiger partial charge is 0.469 e. The minimum atomic E-state index is -0.436. The molecule has 1 aromatic carbocycles. The number of ether oxygens (including phenoxy) is 1. The van der Waals surface area contributed by atoms with Crippen molar-refractivity contribution < 1.29 is 13.9 Å². The van der Waals surface area contributed by atoms with E-state index in [-0.39, 0.29) is 5.97 Å². The van der Waals surface area contributed by atoms with E-state index >= 15 is 0 Å². The monoisotopic (exact) mass is 250 g/mol. The van der Waals surface area contributed by atoms with Crippen molar-refractivity contribution in [3.63, 3.8) is 0 Å². The molecule has 96 valence electrons. The fourth-order valence-corrected chi connectivity index (χ4v) is 1.57. The molecule has 1 aromatic rings. The molecule has 0 atom stereocenters. The number of benzene rings is 1. The van der Waals surface area contributed by atoms with Crippen LogP contribution in [0.25, 0.3) is 0 Å². The van der Waals surface area contributed by atoms with Crippen LogP contribution in [0.2, 0.25) is 0 Å². The van der Waals surface area contributed by atoms with Crippen molar-refractivity contribution >= 4 is 11.7 Å². The fraction of sp³-hybridized carbons (Fsp3) is 0.385. The summed E-state index contributed by atoms with van der Waals surface area (Å²) >= 11 is 0. The summed E-state index contributed by atoms with van der Waals surface area (Å²) < 4.78 is 18.2. The topological polar surface area (TPSA) is 53.3 Å². The first-order chi connectivity index (χ1) is 8.58. The average Bonchev–Trinajstić information content (AvgIpc) is 2.37. The molecule has 0 heterocycles. The van der Waals surface area contributed by atoms with Crippen molar-refractivity contribution in [3.05, 3.63) is 29.6 Å². The number of esters is 1. The Morgan fingerprint density at radius 3 is 2.83 bits per heavy atom. The highest BCUT2D eigenvalue weighted by molar-refractivity contribution is 5.69. The van der Waals surface area contributed by atoms with Crippen molar-refractivity contribution in [1.82, 2.24) is 0 Å². The number of carbonyl (C=O) groups is 1. The summed E-state index contributed by atoms with van der Waals surface area (Å²) in [5.74, 6) is -0.710. The van der Waals surface area contributed by atoms with Crippen molar-refractivity contribution in [2.24, 2.45) is 0 Å². The van der Waals surface area contributed by atoms with Gasteiger partial charge in [0, 0.05) is 20.0 Å². The Balaban J connectivity index is 2.59. The van der Waals surface area contributed by atoms with Crippen LogP contribution >= 0.6 is 0 Å². The number of nitriles is 1. The van der Waals surface area contributed by atoms with Crippen LogP contribution in [0.4, 0.5) is 10.1 Å². The first kappa shape index (κ1) is 14.0. The Kier molecular flexibility index (Phi) is 5.12. The summed E-state index contributed by atoms with van der Waals surface area (Å²) in [5.41, 5.74) is 0.707. The van der Waals surface area contributed by atoms with Crippen LogP contribution in [-0.2, 0) is 9.53 Å². The minimum absolute atomic E-state index is 0.274. The highest BCUT2D eigenvalue weighted by Gasteiger charge is 2.09. The normalized spacial score (nSPS) is 9.67. The Morgan fingerprint density at radius 1 is 1.56 bits per heavy atom. The zero-order chi connectivity index (χ0) is 13.5. The summed E-state index contributed by atoms with van der Waals surface area (Å²) in [6.45, 7) is 0.540. The van der Waals surface area contributed by atoms with Gasteiger partial charge in [-0.05, 0) is 24.6 Å². The van der Waals surface area contributed by atoms with Crippen LogP contribution in [0.15, 0.2) is 18.2 Å². The molecule has 0 aliphatic carbocycles. The lowest BCUT2D eigenvalue weighted by atomic mass is 10.2. The van der Waals surface area contributed by atoms with Gasteiger partial charge in [-0.25, -0.2) is 4.39 Å². The van der Waals surface area contributed by atoms with Crippen LogP contribution in [-0.4, -0.2) is 26.7 Å². The van der Waals surface area contributed by atoms with Crippen molar-refractivity contribution in [2.75, 3.05) is 25.6 Å². The lowest BCUT2D eigenvalue weighted by Crippen LogP contribution is -2.20.